The first-order valence-electron chi connectivity index (χ1n) is 5.59. The third-order valence-electron chi connectivity index (χ3n) is 2.66. The lowest BCUT2D eigenvalue weighted by Crippen LogP contribution is -2.06. The maximum absolute atomic E-state index is 5.86. The second-order valence-electron chi connectivity index (χ2n) is 4.24. The molecule has 6 heteroatoms. The second-order valence-corrected chi connectivity index (χ2v) is 5.10. The Morgan fingerprint density at radius 1 is 1.39 bits per heavy atom. The van der Waals surface area contributed by atoms with Crippen molar-refractivity contribution in [3.63, 3.8) is 0 Å². The average molecular weight is 311 g/mol. The highest BCUT2D eigenvalue weighted by Crippen LogP contribution is 2.29. The quantitative estimate of drug-likeness (QED) is 0.946. The third kappa shape index (κ3) is 2.20. The number of aromatic nitrogens is 3. The van der Waals surface area contributed by atoms with Gasteiger partial charge in [0.1, 0.15) is 5.75 Å². The van der Waals surface area contributed by atoms with Crippen LogP contribution in [0, 0.1) is 0 Å². The highest BCUT2D eigenvalue weighted by atomic mass is 79.9. The van der Waals surface area contributed by atoms with Gasteiger partial charge in [-0.25, -0.2) is 4.68 Å². The number of nitrogens with zero attached hydrogens (tertiary/aromatic N) is 3. The van der Waals surface area contributed by atoms with Gasteiger partial charge in [0.2, 0.25) is 0 Å². The molecule has 18 heavy (non-hydrogen) atoms. The number of nitrogens with two attached hydrogens (primary N) is 1. The van der Waals surface area contributed by atoms with Gasteiger partial charge in [-0.2, -0.15) is 0 Å². The van der Waals surface area contributed by atoms with Crippen LogP contribution in [0.2, 0.25) is 0 Å². The van der Waals surface area contributed by atoms with E-state index in [2.05, 4.69) is 40.1 Å². The number of hydrogen-bond donors (Lipinski definition) is 1. The normalized spacial score (nSPS) is 10.9. The Morgan fingerprint density at radius 3 is 2.72 bits per heavy atom. The van der Waals surface area contributed by atoms with Crippen LogP contribution < -0.4 is 10.5 Å². The predicted octanol–water partition coefficient (Wildman–Crippen LogP) is 2.74. The Balaban J connectivity index is 2.61. The minimum atomic E-state index is 0.234. The van der Waals surface area contributed by atoms with Crippen molar-refractivity contribution in [3.05, 3.63) is 28.4 Å². The summed E-state index contributed by atoms with van der Waals surface area (Å²) in [5.41, 5.74) is 7.62. The minimum Gasteiger partial charge on any atom is -0.497 e. The molecule has 0 saturated heterocycles. The topological polar surface area (TPSA) is 66.0 Å². The Kier molecular flexibility index (Phi) is 3.56. The number of anilines is 1. The van der Waals surface area contributed by atoms with Gasteiger partial charge < -0.3 is 10.5 Å². The first-order valence-corrected chi connectivity index (χ1v) is 6.39. The van der Waals surface area contributed by atoms with Gasteiger partial charge in [0.05, 0.1) is 18.5 Å². The Labute approximate surface area is 114 Å². The molecular weight excluding hydrogens is 296 g/mol. The number of hydrogen-bond acceptors (Lipinski definition) is 4. The molecule has 0 fully saturated rings. The summed E-state index contributed by atoms with van der Waals surface area (Å²) in [7, 11) is 1.63. The van der Waals surface area contributed by atoms with Crippen LogP contribution in [-0.4, -0.2) is 22.1 Å². The number of benzene rings is 1. The van der Waals surface area contributed by atoms with Gasteiger partial charge in [-0.15, -0.1) is 5.10 Å². The molecule has 1 heterocycles. The van der Waals surface area contributed by atoms with Gasteiger partial charge in [-0.05, 0) is 34.0 Å². The zero-order valence-corrected chi connectivity index (χ0v) is 12.1. The number of halogens is 1. The first-order chi connectivity index (χ1) is 8.54. The Bertz CT molecular complexity index is 565. The molecule has 5 nitrogen and oxygen atoms in total. The number of rotatable bonds is 3. The van der Waals surface area contributed by atoms with E-state index in [9.17, 15) is 0 Å². The molecule has 0 atom stereocenters. The minimum absolute atomic E-state index is 0.234. The van der Waals surface area contributed by atoms with Crippen LogP contribution >= 0.6 is 15.9 Å². The van der Waals surface area contributed by atoms with Crippen molar-refractivity contribution >= 4 is 21.7 Å². The van der Waals surface area contributed by atoms with Crippen LogP contribution in [0.5, 0.6) is 5.75 Å². The van der Waals surface area contributed by atoms with Crippen LogP contribution in [0.15, 0.2) is 22.7 Å². The number of ether oxygens (including phenoxy) is 1. The van der Waals surface area contributed by atoms with E-state index >= 15 is 0 Å². The van der Waals surface area contributed by atoms with E-state index in [1.54, 1.807) is 11.8 Å². The second kappa shape index (κ2) is 4.97. The van der Waals surface area contributed by atoms with Gasteiger partial charge in [0.25, 0.3) is 0 Å². The molecule has 0 aliphatic heterocycles. The molecule has 0 bridgehead atoms. The molecule has 0 amide bonds. The molecule has 96 valence electrons. The van der Waals surface area contributed by atoms with Gasteiger partial charge in [0, 0.05) is 10.5 Å². The van der Waals surface area contributed by atoms with E-state index in [1.165, 1.54) is 0 Å². The molecule has 2 aromatic rings. The van der Waals surface area contributed by atoms with Crippen LogP contribution in [-0.2, 0) is 0 Å². The third-order valence-corrected chi connectivity index (χ3v) is 3.33. The maximum Gasteiger partial charge on any atom is 0.169 e. The molecular formula is C12H15BrN4O. The van der Waals surface area contributed by atoms with Crippen LogP contribution in [0.25, 0.3) is 5.69 Å². The molecule has 0 saturated carbocycles. The van der Waals surface area contributed by atoms with Crippen LogP contribution in [0.4, 0.5) is 5.82 Å². The molecule has 1 aromatic carbocycles. The molecule has 1 aromatic heterocycles. The fourth-order valence-electron chi connectivity index (χ4n) is 1.80. The van der Waals surface area contributed by atoms with Crippen molar-refractivity contribution in [1.82, 2.24) is 15.0 Å². The predicted molar refractivity (Wildman–Crippen MR) is 74.1 cm³/mol. The largest absolute Gasteiger partial charge is 0.497 e. The van der Waals surface area contributed by atoms with E-state index in [1.807, 2.05) is 18.2 Å². The zero-order valence-electron chi connectivity index (χ0n) is 10.5. The standard InChI is InChI=1S/C12H15BrN4O/c1-7(2)11-12(14)15-16-17(11)10-6-8(18-3)4-5-9(10)13/h4-7H,14H2,1-3H3. The van der Waals surface area contributed by atoms with Gasteiger partial charge >= 0.3 is 0 Å². The van der Waals surface area contributed by atoms with Gasteiger partial charge in [-0.1, -0.05) is 19.1 Å². The highest BCUT2D eigenvalue weighted by Gasteiger charge is 2.17. The SMILES string of the molecule is COc1ccc(Br)c(-n2nnc(N)c2C(C)C)c1. The zero-order chi connectivity index (χ0) is 13.3. The molecule has 0 radical (unpaired) electrons. The van der Waals surface area contributed by atoms with Gasteiger partial charge in [-0.3, -0.25) is 0 Å². The highest BCUT2D eigenvalue weighted by molar-refractivity contribution is 9.10. The summed E-state index contributed by atoms with van der Waals surface area (Å²) in [6.45, 7) is 4.11. The lowest BCUT2D eigenvalue weighted by Gasteiger charge is -2.12. The smallest absolute Gasteiger partial charge is 0.169 e. The maximum atomic E-state index is 5.86. The van der Waals surface area contributed by atoms with Crippen molar-refractivity contribution < 1.29 is 4.74 Å². The van der Waals surface area contributed by atoms with Crippen molar-refractivity contribution in [2.45, 2.75) is 19.8 Å². The molecule has 0 aliphatic rings. The van der Waals surface area contributed by atoms with E-state index in [4.69, 9.17) is 10.5 Å². The van der Waals surface area contributed by atoms with Crippen molar-refractivity contribution in [2.24, 2.45) is 0 Å². The van der Waals surface area contributed by atoms with Crippen molar-refractivity contribution in [2.75, 3.05) is 12.8 Å². The molecule has 2 rings (SSSR count). The molecule has 2 N–H and O–H groups in total. The van der Waals surface area contributed by atoms with E-state index < -0.39 is 0 Å². The lowest BCUT2D eigenvalue weighted by molar-refractivity contribution is 0.414. The van der Waals surface area contributed by atoms with Crippen molar-refractivity contribution in [3.8, 4) is 11.4 Å². The summed E-state index contributed by atoms with van der Waals surface area (Å²) >= 11 is 3.50. The number of nitrogen functional groups attached to an aromatic ring is 1. The average Bonchev–Trinajstić information content (AvgIpc) is 2.72. The number of methoxy groups -OCH3 is 1. The van der Waals surface area contributed by atoms with E-state index in [-0.39, 0.29) is 5.92 Å². The summed E-state index contributed by atoms with van der Waals surface area (Å²) in [5, 5.41) is 8.04. The van der Waals surface area contributed by atoms with E-state index in [0.29, 0.717) is 5.82 Å². The summed E-state index contributed by atoms with van der Waals surface area (Å²) in [6.07, 6.45) is 0. The lowest BCUT2D eigenvalue weighted by atomic mass is 10.1. The van der Waals surface area contributed by atoms with Gasteiger partial charge in [0.15, 0.2) is 5.82 Å². The van der Waals surface area contributed by atoms with Crippen LogP contribution in [0.3, 0.4) is 0 Å². The fourth-order valence-corrected chi connectivity index (χ4v) is 2.22. The fraction of sp³-hybridized carbons (Fsp3) is 0.333. The Hall–Kier alpha value is -1.56. The summed E-state index contributed by atoms with van der Waals surface area (Å²) < 4.78 is 7.88. The first kappa shape index (κ1) is 12.9. The molecule has 0 aliphatic carbocycles. The summed E-state index contributed by atoms with van der Waals surface area (Å²) in [5.74, 6) is 1.45. The summed E-state index contributed by atoms with van der Waals surface area (Å²) in [4.78, 5) is 0. The van der Waals surface area contributed by atoms with Crippen LogP contribution in [0.1, 0.15) is 25.5 Å². The molecule has 0 unspecified atom stereocenters. The van der Waals surface area contributed by atoms with Crippen molar-refractivity contribution in [1.29, 1.82) is 0 Å². The Morgan fingerprint density at radius 2 is 2.11 bits per heavy atom. The van der Waals surface area contributed by atoms with E-state index in [0.717, 1.165) is 21.6 Å². The summed E-state index contributed by atoms with van der Waals surface area (Å²) in [6, 6.07) is 5.68. The monoisotopic (exact) mass is 310 g/mol. The molecule has 0 spiro atoms.